The lowest BCUT2D eigenvalue weighted by Crippen LogP contribution is -2.45. The van der Waals surface area contributed by atoms with Gasteiger partial charge in [-0.15, -0.1) is 0 Å². The summed E-state index contributed by atoms with van der Waals surface area (Å²) in [6.07, 6.45) is -0.208. The van der Waals surface area contributed by atoms with Crippen LogP contribution in [0.2, 0.25) is 0 Å². The molecular weight excluding hydrogens is 360 g/mol. The lowest BCUT2D eigenvalue weighted by atomic mass is 9.95. The van der Waals surface area contributed by atoms with Crippen LogP contribution in [0.1, 0.15) is 32.4 Å². The molecule has 1 aliphatic heterocycles. The van der Waals surface area contributed by atoms with Gasteiger partial charge in [0.05, 0.1) is 17.7 Å². The number of nitrogens with one attached hydrogen (secondary N) is 2. The van der Waals surface area contributed by atoms with Crippen molar-refractivity contribution in [3.63, 3.8) is 0 Å². The monoisotopic (exact) mass is 382 g/mol. The molecule has 2 aromatic carbocycles. The second-order valence-electron chi connectivity index (χ2n) is 6.51. The first kappa shape index (κ1) is 18.9. The summed E-state index contributed by atoms with van der Waals surface area (Å²) in [5, 5.41) is 6.64. The normalized spacial score (nSPS) is 16.6. The summed E-state index contributed by atoms with van der Waals surface area (Å²) in [6.45, 7) is 5.47. The van der Waals surface area contributed by atoms with E-state index >= 15 is 0 Å². The van der Waals surface area contributed by atoms with Gasteiger partial charge in [-0.05, 0) is 62.8 Å². The number of rotatable bonds is 5. The van der Waals surface area contributed by atoms with Crippen LogP contribution in [0.4, 0.5) is 0 Å². The molecule has 2 N–H and O–H groups in total. The topological polar surface area (TPSA) is 59.6 Å². The Hall–Kier alpha value is -2.86. The molecule has 0 radical (unpaired) electrons. The fourth-order valence-corrected chi connectivity index (χ4v) is 3.15. The minimum Gasteiger partial charge on any atom is -0.459 e. The molecule has 0 amide bonds. The Morgan fingerprint density at radius 2 is 1.78 bits per heavy atom. The number of para-hydroxylation sites is 1. The summed E-state index contributed by atoms with van der Waals surface area (Å²) < 4.78 is 11.3. The zero-order valence-corrected chi connectivity index (χ0v) is 16.3. The number of hydrogen-bond acceptors (Lipinski definition) is 4. The number of esters is 1. The predicted octanol–water partition coefficient (Wildman–Crippen LogP) is 4.22. The van der Waals surface area contributed by atoms with Crippen molar-refractivity contribution < 1.29 is 14.3 Å². The zero-order valence-electron chi connectivity index (χ0n) is 15.5. The van der Waals surface area contributed by atoms with Crippen molar-refractivity contribution in [3.05, 3.63) is 71.4 Å². The molecule has 0 fully saturated rings. The molecule has 1 aliphatic rings. The maximum absolute atomic E-state index is 12.7. The maximum Gasteiger partial charge on any atom is 0.338 e. The van der Waals surface area contributed by atoms with Crippen molar-refractivity contribution in [2.24, 2.45) is 0 Å². The lowest BCUT2D eigenvalue weighted by Gasteiger charge is -2.30. The SMILES string of the molecule is CC1=C(C(=O)OC(C)C)[C@@H](c2cccc(Oc3ccccc3)c2)NC(=S)N1. The molecule has 0 aliphatic carbocycles. The molecule has 0 spiro atoms. The first-order valence-electron chi connectivity index (χ1n) is 8.76. The van der Waals surface area contributed by atoms with Crippen LogP contribution >= 0.6 is 12.2 Å². The largest absolute Gasteiger partial charge is 0.459 e. The van der Waals surface area contributed by atoms with Crippen LogP contribution in [0.25, 0.3) is 0 Å². The Kier molecular flexibility index (Phi) is 5.76. The highest BCUT2D eigenvalue weighted by molar-refractivity contribution is 7.80. The minimum atomic E-state index is -0.413. The van der Waals surface area contributed by atoms with Crippen molar-refractivity contribution in [1.82, 2.24) is 10.6 Å². The van der Waals surface area contributed by atoms with Gasteiger partial charge in [-0.25, -0.2) is 4.79 Å². The van der Waals surface area contributed by atoms with E-state index in [2.05, 4.69) is 10.6 Å². The molecule has 27 heavy (non-hydrogen) atoms. The molecule has 2 aromatic rings. The number of carbonyl (C=O) groups excluding carboxylic acids is 1. The molecule has 6 heteroatoms. The third-order valence-electron chi connectivity index (χ3n) is 4.00. The third kappa shape index (κ3) is 4.65. The molecule has 0 bridgehead atoms. The van der Waals surface area contributed by atoms with Crippen molar-refractivity contribution in [1.29, 1.82) is 0 Å². The van der Waals surface area contributed by atoms with Crippen LogP contribution in [0.15, 0.2) is 65.9 Å². The second-order valence-corrected chi connectivity index (χ2v) is 6.92. The second kappa shape index (κ2) is 8.22. The lowest BCUT2D eigenvalue weighted by molar-refractivity contribution is -0.143. The van der Waals surface area contributed by atoms with Crippen molar-refractivity contribution in [2.75, 3.05) is 0 Å². The van der Waals surface area contributed by atoms with Crippen molar-refractivity contribution in [3.8, 4) is 11.5 Å². The van der Waals surface area contributed by atoms with E-state index in [0.29, 0.717) is 22.1 Å². The molecule has 0 saturated heterocycles. The molecule has 5 nitrogen and oxygen atoms in total. The summed E-state index contributed by atoms with van der Waals surface area (Å²) in [7, 11) is 0. The van der Waals surface area contributed by atoms with E-state index in [1.807, 2.05) is 75.4 Å². The number of carbonyl (C=O) groups is 1. The number of ether oxygens (including phenoxy) is 2. The fourth-order valence-electron chi connectivity index (χ4n) is 2.87. The van der Waals surface area contributed by atoms with Gasteiger partial charge in [-0.2, -0.15) is 0 Å². The van der Waals surface area contributed by atoms with Gasteiger partial charge in [0.15, 0.2) is 5.11 Å². The molecule has 1 heterocycles. The van der Waals surface area contributed by atoms with Crippen LogP contribution in [0, 0.1) is 0 Å². The van der Waals surface area contributed by atoms with Crippen molar-refractivity contribution >= 4 is 23.3 Å². The van der Waals surface area contributed by atoms with Crippen LogP contribution in [0.5, 0.6) is 11.5 Å². The average molecular weight is 382 g/mol. The van der Waals surface area contributed by atoms with Gasteiger partial charge >= 0.3 is 5.97 Å². The highest BCUT2D eigenvalue weighted by Gasteiger charge is 2.31. The van der Waals surface area contributed by atoms with Crippen LogP contribution in [-0.4, -0.2) is 17.2 Å². The summed E-state index contributed by atoms with van der Waals surface area (Å²) in [4.78, 5) is 12.7. The minimum absolute atomic E-state index is 0.208. The summed E-state index contributed by atoms with van der Waals surface area (Å²) in [6, 6.07) is 16.7. The Labute approximate surface area is 164 Å². The van der Waals surface area contributed by atoms with E-state index in [9.17, 15) is 4.79 Å². The Morgan fingerprint density at radius 3 is 2.48 bits per heavy atom. The number of hydrogen-bond donors (Lipinski definition) is 2. The van der Waals surface area contributed by atoms with Crippen molar-refractivity contribution in [2.45, 2.75) is 32.9 Å². The van der Waals surface area contributed by atoms with Gasteiger partial charge in [-0.1, -0.05) is 30.3 Å². The summed E-state index contributed by atoms with van der Waals surface area (Å²) >= 11 is 5.29. The smallest absolute Gasteiger partial charge is 0.338 e. The van der Waals surface area contributed by atoms with Crippen LogP contribution in [-0.2, 0) is 9.53 Å². The van der Waals surface area contributed by atoms with E-state index in [0.717, 1.165) is 11.3 Å². The number of benzene rings is 2. The Morgan fingerprint density at radius 1 is 1.07 bits per heavy atom. The van der Waals surface area contributed by atoms with E-state index in [1.165, 1.54) is 0 Å². The first-order valence-corrected chi connectivity index (χ1v) is 9.17. The first-order chi connectivity index (χ1) is 12.9. The summed E-state index contributed by atoms with van der Waals surface area (Å²) in [5.74, 6) is 1.05. The highest BCUT2D eigenvalue weighted by Crippen LogP contribution is 2.31. The number of thiocarbonyl (C=S) groups is 1. The van der Waals surface area contributed by atoms with E-state index in [4.69, 9.17) is 21.7 Å². The van der Waals surface area contributed by atoms with Gasteiger partial charge in [0.2, 0.25) is 0 Å². The van der Waals surface area contributed by atoms with E-state index in [-0.39, 0.29) is 12.1 Å². The molecule has 140 valence electrons. The quantitative estimate of drug-likeness (QED) is 0.596. The average Bonchev–Trinajstić information content (AvgIpc) is 2.61. The van der Waals surface area contributed by atoms with Gasteiger partial charge in [0.1, 0.15) is 11.5 Å². The van der Waals surface area contributed by atoms with Crippen LogP contribution < -0.4 is 15.4 Å². The highest BCUT2D eigenvalue weighted by atomic mass is 32.1. The van der Waals surface area contributed by atoms with Gasteiger partial charge in [0, 0.05) is 5.70 Å². The molecule has 0 aromatic heterocycles. The predicted molar refractivity (Wildman–Crippen MR) is 108 cm³/mol. The van der Waals surface area contributed by atoms with Crippen LogP contribution in [0.3, 0.4) is 0 Å². The Balaban J connectivity index is 1.92. The zero-order chi connectivity index (χ0) is 19.4. The van der Waals surface area contributed by atoms with Gasteiger partial charge in [0.25, 0.3) is 0 Å². The molecular formula is C21H22N2O3S. The Bertz CT molecular complexity index is 878. The number of allylic oxidation sites excluding steroid dienone is 1. The maximum atomic E-state index is 12.7. The standard InChI is InChI=1S/C21H22N2O3S/c1-13(2)25-20(24)18-14(3)22-21(27)23-19(18)15-8-7-11-17(12-15)26-16-9-5-4-6-10-16/h4-13,19H,1-3H3,(H2,22,23,27)/t19-/m1/s1. The van der Waals surface area contributed by atoms with Gasteiger partial charge in [-0.3, -0.25) is 0 Å². The van der Waals surface area contributed by atoms with Gasteiger partial charge < -0.3 is 20.1 Å². The fraction of sp³-hybridized carbons (Fsp3) is 0.238. The van der Waals surface area contributed by atoms with E-state index < -0.39 is 6.04 Å². The molecule has 1 atom stereocenters. The third-order valence-corrected chi connectivity index (χ3v) is 4.22. The van der Waals surface area contributed by atoms with E-state index in [1.54, 1.807) is 0 Å². The molecule has 3 rings (SSSR count). The molecule has 0 unspecified atom stereocenters. The summed E-state index contributed by atoms with van der Waals surface area (Å²) in [5.41, 5.74) is 2.06. The molecule has 0 saturated carbocycles.